The molecule has 1 aromatic carbocycles. The minimum absolute atomic E-state index is 0.0624. The van der Waals surface area contributed by atoms with Gasteiger partial charge >= 0.3 is 0 Å². The summed E-state index contributed by atoms with van der Waals surface area (Å²) in [5.41, 5.74) is 6.19. The maximum atomic E-state index is 12.0. The van der Waals surface area contributed by atoms with Gasteiger partial charge in [-0.15, -0.1) is 0 Å². The van der Waals surface area contributed by atoms with Crippen molar-refractivity contribution in [3.63, 3.8) is 0 Å². The number of rotatable bonds is 8. The summed E-state index contributed by atoms with van der Waals surface area (Å²) < 4.78 is 29.1. The Morgan fingerprint density at radius 1 is 1.30 bits per heavy atom. The first kappa shape index (κ1) is 17.7. The molecule has 1 fully saturated rings. The van der Waals surface area contributed by atoms with Crippen molar-refractivity contribution in [2.45, 2.75) is 25.3 Å². The molecule has 1 saturated heterocycles. The van der Waals surface area contributed by atoms with Crippen LogP contribution in [0.25, 0.3) is 0 Å². The zero-order chi connectivity index (χ0) is 16.9. The van der Waals surface area contributed by atoms with Gasteiger partial charge in [-0.25, -0.2) is 8.42 Å². The molecule has 2 N–H and O–H groups in total. The van der Waals surface area contributed by atoms with Crippen LogP contribution >= 0.6 is 0 Å². The van der Waals surface area contributed by atoms with E-state index in [-0.39, 0.29) is 24.0 Å². The van der Waals surface area contributed by atoms with Gasteiger partial charge in [0.15, 0.2) is 9.84 Å². The van der Waals surface area contributed by atoms with Gasteiger partial charge in [-0.1, -0.05) is 12.1 Å². The fourth-order valence-electron chi connectivity index (χ4n) is 2.91. The van der Waals surface area contributed by atoms with E-state index in [1.165, 1.54) is 5.56 Å². The van der Waals surface area contributed by atoms with Gasteiger partial charge in [-0.2, -0.15) is 0 Å². The zero-order valence-corrected chi connectivity index (χ0v) is 14.2. The van der Waals surface area contributed by atoms with Crippen LogP contribution in [0.4, 0.5) is 0 Å². The number of nitrogens with zero attached hydrogens (tertiary/aromatic N) is 1. The molecule has 0 bridgehead atoms. The van der Waals surface area contributed by atoms with Gasteiger partial charge in [-0.05, 0) is 37.1 Å². The molecule has 1 aliphatic rings. The number of carbonyl (C=O) groups is 1. The highest BCUT2D eigenvalue weighted by molar-refractivity contribution is 7.91. The van der Waals surface area contributed by atoms with Crippen LogP contribution in [0.3, 0.4) is 0 Å². The molecule has 7 heteroatoms. The first-order chi connectivity index (χ1) is 10.9. The molecule has 23 heavy (non-hydrogen) atoms. The first-order valence-corrected chi connectivity index (χ1v) is 9.60. The van der Waals surface area contributed by atoms with Crippen LogP contribution in [0.2, 0.25) is 0 Å². The van der Waals surface area contributed by atoms with E-state index in [1.807, 2.05) is 24.3 Å². The van der Waals surface area contributed by atoms with Crippen molar-refractivity contribution in [2.24, 2.45) is 5.73 Å². The minimum Gasteiger partial charge on any atom is -0.497 e. The van der Waals surface area contributed by atoms with Gasteiger partial charge in [0.1, 0.15) is 5.75 Å². The summed E-state index contributed by atoms with van der Waals surface area (Å²) in [6, 6.07) is 8.16. The number of primary amides is 1. The topological polar surface area (TPSA) is 89.7 Å². The number of hydrogen-bond acceptors (Lipinski definition) is 5. The Kier molecular flexibility index (Phi) is 6.01. The van der Waals surface area contributed by atoms with E-state index in [9.17, 15) is 13.2 Å². The molecule has 0 saturated carbocycles. The normalized spacial score (nSPS) is 18.9. The Bertz CT molecular complexity index is 628. The van der Waals surface area contributed by atoms with Crippen molar-refractivity contribution in [3.8, 4) is 5.75 Å². The average molecular weight is 340 g/mol. The molecule has 0 radical (unpaired) electrons. The van der Waals surface area contributed by atoms with Gasteiger partial charge in [0.2, 0.25) is 5.91 Å². The Balaban J connectivity index is 1.94. The molecule has 0 aromatic heterocycles. The van der Waals surface area contributed by atoms with E-state index in [0.717, 1.165) is 25.1 Å². The number of nitrogens with two attached hydrogens (primary N) is 1. The number of hydrogen-bond donors (Lipinski definition) is 1. The maximum Gasteiger partial charge on any atom is 0.218 e. The summed E-state index contributed by atoms with van der Waals surface area (Å²) in [5, 5.41) is 0. The lowest BCUT2D eigenvalue weighted by molar-refractivity contribution is -0.117. The number of likely N-dealkylation sites (tertiary alicyclic amines) is 1. The lowest BCUT2D eigenvalue weighted by atomic mass is 10.0. The predicted octanol–water partition coefficient (Wildman–Crippen LogP) is 1.12. The summed E-state index contributed by atoms with van der Waals surface area (Å²) in [5.74, 6) is 0.134. The van der Waals surface area contributed by atoms with Gasteiger partial charge in [0.25, 0.3) is 0 Å². The van der Waals surface area contributed by atoms with Crippen LogP contribution in [-0.4, -0.2) is 50.9 Å². The fraction of sp³-hybridized carbons (Fsp3) is 0.562. The average Bonchev–Trinajstić information content (AvgIpc) is 3.00. The van der Waals surface area contributed by atoms with Crippen molar-refractivity contribution >= 4 is 15.7 Å². The summed E-state index contributed by atoms with van der Waals surface area (Å²) >= 11 is 0. The molecule has 6 nitrogen and oxygen atoms in total. The number of carbonyl (C=O) groups excluding carboxylic acids is 1. The lowest BCUT2D eigenvalue weighted by Crippen LogP contribution is -2.30. The highest BCUT2D eigenvalue weighted by Crippen LogP contribution is 2.32. The molecule has 1 heterocycles. The summed E-state index contributed by atoms with van der Waals surface area (Å²) in [7, 11) is -1.61. The van der Waals surface area contributed by atoms with Crippen molar-refractivity contribution in [2.75, 3.05) is 31.7 Å². The third-order valence-electron chi connectivity index (χ3n) is 4.21. The first-order valence-electron chi connectivity index (χ1n) is 7.78. The molecule has 2 rings (SSSR count). The van der Waals surface area contributed by atoms with Crippen LogP contribution in [0.5, 0.6) is 5.75 Å². The fourth-order valence-corrected chi connectivity index (χ4v) is 4.14. The maximum absolute atomic E-state index is 12.0. The third kappa shape index (κ3) is 5.21. The third-order valence-corrected chi connectivity index (χ3v) is 5.84. The van der Waals surface area contributed by atoms with Crippen molar-refractivity contribution < 1.29 is 17.9 Å². The van der Waals surface area contributed by atoms with E-state index in [1.54, 1.807) is 7.11 Å². The summed E-state index contributed by atoms with van der Waals surface area (Å²) in [6.07, 6.45) is 1.97. The van der Waals surface area contributed by atoms with Crippen LogP contribution in [0.15, 0.2) is 24.3 Å². The van der Waals surface area contributed by atoms with Gasteiger partial charge < -0.3 is 10.5 Å². The molecule has 1 atom stereocenters. The Morgan fingerprint density at radius 3 is 2.61 bits per heavy atom. The van der Waals surface area contributed by atoms with E-state index >= 15 is 0 Å². The van der Waals surface area contributed by atoms with E-state index < -0.39 is 15.7 Å². The minimum atomic E-state index is -3.24. The second-order valence-corrected chi connectivity index (χ2v) is 8.14. The predicted molar refractivity (Wildman–Crippen MR) is 89.0 cm³/mol. The van der Waals surface area contributed by atoms with Crippen LogP contribution in [-0.2, 0) is 14.6 Å². The van der Waals surface area contributed by atoms with E-state index in [2.05, 4.69) is 4.90 Å². The molecule has 1 amide bonds. The quantitative estimate of drug-likeness (QED) is 0.766. The number of methoxy groups -OCH3 is 1. The number of ether oxygens (including phenoxy) is 1. The molecular formula is C16H24N2O4S. The van der Waals surface area contributed by atoms with Gasteiger partial charge in [0.05, 0.1) is 18.6 Å². The number of benzene rings is 1. The largest absolute Gasteiger partial charge is 0.497 e. The molecule has 1 aromatic rings. The Hall–Kier alpha value is -1.60. The highest BCUT2D eigenvalue weighted by atomic mass is 32.2. The number of amides is 1. The second-order valence-electron chi connectivity index (χ2n) is 5.84. The van der Waals surface area contributed by atoms with Crippen LogP contribution in [0, 0.1) is 0 Å². The second kappa shape index (κ2) is 7.79. The molecular weight excluding hydrogens is 316 g/mol. The van der Waals surface area contributed by atoms with E-state index in [4.69, 9.17) is 10.5 Å². The molecule has 0 aliphatic carbocycles. The lowest BCUT2D eigenvalue weighted by Gasteiger charge is -2.24. The molecule has 0 spiro atoms. The molecule has 128 valence electrons. The standard InChI is InChI=1S/C16H24N2O4S/c1-22-14-6-4-13(5-7-14)15-3-2-9-18(15)10-12-23(20,21)11-8-16(17)19/h4-7,15H,2-3,8-12H2,1H3,(H2,17,19)/t15-/m1/s1. The van der Waals surface area contributed by atoms with Gasteiger partial charge in [0, 0.05) is 19.0 Å². The van der Waals surface area contributed by atoms with Crippen LogP contribution in [0.1, 0.15) is 30.9 Å². The monoisotopic (exact) mass is 340 g/mol. The van der Waals surface area contributed by atoms with Crippen molar-refractivity contribution in [1.29, 1.82) is 0 Å². The van der Waals surface area contributed by atoms with Crippen molar-refractivity contribution in [1.82, 2.24) is 4.90 Å². The highest BCUT2D eigenvalue weighted by Gasteiger charge is 2.27. The zero-order valence-electron chi connectivity index (χ0n) is 13.4. The Labute approximate surface area is 137 Å². The summed E-state index contributed by atoms with van der Waals surface area (Å²) in [4.78, 5) is 12.9. The van der Waals surface area contributed by atoms with E-state index in [0.29, 0.717) is 6.54 Å². The summed E-state index contributed by atoms with van der Waals surface area (Å²) in [6.45, 7) is 1.37. The molecule has 1 aliphatic heterocycles. The Morgan fingerprint density at radius 2 is 2.00 bits per heavy atom. The smallest absolute Gasteiger partial charge is 0.218 e. The van der Waals surface area contributed by atoms with Crippen LogP contribution < -0.4 is 10.5 Å². The van der Waals surface area contributed by atoms with Crippen molar-refractivity contribution in [3.05, 3.63) is 29.8 Å². The number of sulfone groups is 1. The SMILES string of the molecule is COc1ccc([C@H]2CCCN2CCS(=O)(=O)CCC(N)=O)cc1. The van der Waals surface area contributed by atoms with Gasteiger partial charge in [-0.3, -0.25) is 9.69 Å². The molecule has 0 unspecified atom stereocenters.